The van der Waals surface area contributed by atoms with Gasteiger partial charge in [0.15, 0.2) is 0 Å². The zero-order chi connectivity index (χ0) is 18.4. The van der Waals surface area contributed by atoms with Crippen molar-refractivity contribution in [1.29, 1.82) is 0 Å². The Labute approximate surface area is 148 Å². The summed E-state index contributed by atoms with van der Waals surface area (Å²) in [7, 11) is -2.01. The number of nitrogens with zero attached hydrogens (tertiary/aromatic N) is 1. The van der Waals surface area contributed by atoms with Crippen LogP contribution >= 0.6 is 0 Å². The van der Waals surface area contributed by atoms with Gasteiger partial charge in [0.05, 0.1) is 19.1 Å². The number of nitrogens with one attached hydrogen (secondary N) is 1. The zero-order valence-electron chi connectivity index (χ0n) is 14.5. The van der Waals surface area contributed by atoms with Gasteiger partial charge in [0.25, 0.3) is 0 Å². The number of carbonyl (C=O) groups is 1. The highest BCUT2D eigenvalue weighted by Gasteiger charge is 2.28. The first kappa shape index (κ1) is 18.8. The zero-order valence-corrected chi connectivity index (χ0v) is 15.3. The normalized spacial score (nSPS) is 12.3. The Bertz CT molecular complexity index is 805. The van der Waals surface area contributed by atoms with Gasteiger partial charge in [0.2, 0.25) is 15.9 Å². The van der Waals surface area contributed by atoms with Gasteiger partial charge in [-0.25, -0.2) is 8.42 Å². The second-order valence-corrected chi connectivity index (χ2v) is 7.50. The van der Waals surface area contributed by atoms with Crippen molar-refractivity contribution in [2.24, 2.45) is 0 Å². The van der Waals surface area contributed by atoms with Crippen molar-refractivity contribution in [3.63, 3.8) is 0 Å². The molecule has 0 bridgehead atoms. The summed E-state index contributed by atoms with van der Waals surface area (Å²) in [6.45, 7) is 1.87. The Balaban J connectivity index is 2.10. The number of benzene rings is 2. The number of ether oxygens (including phenoxy) is 1. The van der Waals surface area contributed by atoms with Gasteiger partial charge in [-0.1, -0.05) is 30.3 Å². The number of carbonyl (C=O) groups excluding carboxylic acids is 1. The maximum absolute atomic E-state index is 12.5. The molecule has 0 aromatic heterocycles. The Morgan fingerprint density at radius 1 is 1.12 bits per heavy atom. The SMILES string of the molecule is COc1ccc(CNC(=O)C(C)N(c2ccccc2)S(C)(=O)=O)cc1. The van der Waals surface area contributed by atoms with Crippen LogP contribution in [0.2, 0.25) is 0 Å². The Morgan fingerprint density at radius 3 is 2.24 bits per heavy atom. The number of sulfonamides is 1. The molecule has 1 amide bonds. The van der Waals surface area contributed by atoms with Gasteiger partial charge in [0.1, 0.15) is 11.8 Å². The summed E-state index contributed by atoms with van der Waals surface area (Å²) in [5, 5.41) is 2.77. The topological polar surface area (TPSA) is 75.7 Å². The van der Waals surface area contributed by atoms with Crippen LogP contribution in [0, 0.1) is 0 Å². The predicted molar refractivity (Wildman–Crippen MR) is 98.1 cm³/mol. The molecule has 1 unspecified atom stereocenters. The highest BCUT2D eigenvalue weighted by molar-refractivity contribution is 7.92. The molecule has 2 rings (SSSR count). The second kappa shape index (κ2) is 8.02. The van der Waals surface area contributed by atoms with E-state index in [9.17, 15) is 13.2 Å². The Morgan fingerprint density at radius 2 is 1.72 bits per heavy atom. The predicted octanol–water partition coefficient (Wildman–Crippen LogP) is 2.17. The fourth-order valence-corrected chi connectivity index (χ4v) is 3.64. The number of hydrogen-bond donors (Lipinski definition) is 1. The molecule has 0 aliphatic rings. The van der Waals surface area contributed by atoms with Crippen molar-refractivity contribution < 1.29 is 17.9 Å². The van der Waals surface area contributed by atoms with E-state index in [1.165, 1.54) is 0 Å². The molecule has 0 aliphatic heterocycles. The van der Waals surface area contributed by atoms with E-state index >= 15 is 0 Å². The van der Waals surface area contributed by atoms with E-state index in [1.54, 1.807) is 56.5 Å². The molecule has 2 aromatic rings. The summed E-state index contributed by atoms with van der Waals surface area (Å²) in [4.78, 5) is 12.5. The van der Waals surface area contributed by atoms with E-state index in [2.05, 4.69) is 5.32 Å². The monoisotopic (exact) mass is 362 g/mol. The summed E-state index contributed by atoms with van der Waals surface area (Å²) >= 11 is 0. The lowest BCUT2D eigenvalue weighted by Gasteiger charge is -2.28. The second-order valence-electron chi connectivity index (χ2n) is 5.64. The van der Waals surface area contributed by atoms with Crippen molar-refractivity contribution in [2.45, 2.75) is 19.5 Å². The minimum atomic E-state index is -3.60. The summed E-state index contributed by atoms with van der Waals surface area (Å²) in [6.07, 6.45) is 1.09. The van der Waals surface area contributed by atoms with Crippen LogP contribution in [0.15, 0.2) is 54.6 Å². The van der Waals surface area contributed by atoms with Crippen LogP contribution in [0.3, 0.4) is 0 Å². The summed E-state index contributed by atoms with van der Waals surface area (Å²) in [5.74, 6) is 0.362. The summed E-state index contributed by atoms with van der Waals surface area (Å²) in [5.41, 5.74) is 1.35. The maximum Gasteiger partial charge on any atom is 0.243 e. The lowest BCUT2D eigenvalue weighted by Crippen LogP contribution is -2.47. The largest absolute Gasteiger partial charge is 0.497 e. The molecular formula is C18H22N2O4S. The average molecular weight is 362 g/mol. The van der Waals surface area contributed by atoms with Crippen molar-refractivity contribution in [3.8, 4) is 5.75 Å². The highest BCUT2D eigenvalue weighted by Crippen LogP contribution is 2.20. The van der Waals surface area contributed by atoms with Crippen molar-refractivity contribution >= 4 is 21.6 Å². The first-order valence-corrected chi connectivity index (χ1v) is 9.63. The Hall–Kier alpha value is -2.54. The van der Waals surface area contributed by atoms with Crippen LogP contribution in [0.25, 0.3) is 0 Å². The van der Waals surface area contributed by atoms with Crippen LogP contribution in [0.4, 0.5) is 5.69 Å². The van der Waals surface area contributed by atoms with Gasteiger partial charge >= 0.3 is 0 Å². The minimum Gasteiger partial charge on any atom is -0.497 e. The van der Waals surface area contributed by atoms with E-state index in [1.807, 2.05) is 12.1 Å². The van der Waals surface area contributed by atoms with E-state index in [0.717, 1.165) is 21.9 Å². The molecule has 0 saturated heterocycles. The molecule has 25 heavy (non-hydrogen) atoms. The van der Waals surface area contributed by atoms with Crippen LogP contribution in [0.1, 0.15) is 12.5 Å². The number of rotatable bonds is 7. The minimum absolute atomic E-state index is 0.305. The smallest absolute Gasteiger partial charge is 0.243 e. The van der Waals surface area contributed by atoms with Gasteiger partial charge in [-0.05, 0) is 36.8 Å². The van der Waals surface area contributed by atoms with Crippen LogP contribution < -0.4 is 14.4 Å². The van der Waals surface area contributed by atoms with E-state index in [4.69, 9.17) is 4.74 Å². The fourth-order valence-electron chi connectivity index (χ4n) is 2.46. The van der Waals surface area contributed by atoms with Crippen molar-refractivity contribution in [3.05, 3.63) is 60.2 Å². The third-order valence-electron chi connectivity index (χ3n) is 3.72. The molecule has 0 aliphatic carbocycles. The number of hydrogen-bond acceptors (Lipinski definition) is 4. The molecule has 0 saturated carbocycles. The third-order valence-corrected chi connectivity index (χ3v) is 4.97. The van der Waals surface area contributed by atoms with Crippen LogP contribution in [0.5, 0.6) is 5.75 Å². The molecule has 1 N–H and O–H groups in total. The van der Waals surface area contributed by atoms with E-state index in [-0.39, 0.29) is 5.91 Å². The first-order chi connectivity index (χ1) is 11.8. The number of anilines is 1. The molecule has 0 heterocycles. The first-order valence-electron chi connectivity index (χ1n) is 7.78. The molecule has 2 aromatic carbocycles. The standard InChI is InChI=1S/C18H22N2O4S/c1-14(20(25(3,22)23)16-7-5-4-6-8-16)18(21)19-13-15-9-11-17(24-2)12-10-15/h4-12,14H,13H2,1-3H3,(H,19,21). The van der Waals surface area contributed by atoms with Gasteiger partial charge in [-0.2, -0.15) is 0 Å². The van der Waals surface area contributed by atoms with Gasteiger partial charge < -0.3 is 10.1 Å². The number of methoxy groups -OCH3 is 1. The number of para-hydroxylation sites is 1. The highest BCUT2D eigenvalue weighted by atomic mass is 32.2. The van der Waals surface area contributed by atoms with Crippen molar-refractivity contribution in [2.75, 3.05) is 17.7 Å². The third kappa shape index (κ3) is 4.96. The molecule has 7 heteroatoms. The number of amides is 1. The molecule has 6 nitrogen and oxygen atoms in total. The average Bonchev–Trinajstić information content (AvgIpc) is 2.60. The molecule has 134 valence electrons. The molecule has 0 radical (unpaired) electrons. The summed E-state index contributed by atoms with van der Waals surface area (Å²) < 4.78 is 30.5. The molecule has 1 atom stereocenters. The van der Waals surface area contributed by atoms with Gasteiger partial charge in [0, 0.05) is 6.54 Å². The van der Waals surface area contributed by atoms with E-state index in [0.29, 0.717) is 12.2 Å². The van der Waals surface area contributed by atoms with Crippen LogP contribution in [-0.2, 0) is 21.4 Å². The molecule has 0 fully saturated rings. The lowest BCUT2D eigenvalue weighted by atomic mass is 10.2. The van der Waals surface area contributed by atoms with E-state index < -0.39 is 16.1 Å². The fraction of sp³-hybridized carbons (Fsp3) is 0.278. The quantitative estimate of drug-likeness (QED) is 0.819. The Kier molecular flexibility index (Phi) is 6.03. The molecule has 0 spiro atoms. The molecular weight excluding hydrogens is 340 g/mol. The maximum atomic E-state index is 12.5. The van der Waals surface area contributed by atoms with Gasteiger partial charge in [-0.3, -0.25) is 9.10 Å². The van der Waals surface area contributed by atoms with Gasteiger partial charge in [-0.15, -0.1) is 0 Å². The summed E-state index contributed by atoms with van der Waals surface area (Å²) in [6, 6.07) is 15.0. The van der Waals surface area contributed by atoms with Crippen LogP contribution in [-0.4, -0.2) is 33.7 Å². The van der Waals surface area contributed by atoms with Crippen molar-refractivity contribution in [1.82, 2.24) is 5.32 Å². The lowest BCUT2D eigenvalue weighted by molar-refractivity contribution is -0.122.